The molecule has 5 N–H and O–H groups in total. The van der Waals surface area contributed by atoms with Crippen LogP contribution in [-0.2, 0) is 15.0 Å². The van der Waals surface area contributed by atoms with Gasteiger partial charge in [0.2, 0.25) is 0 Å². The highest BCUT2D eigenvalue weighted by Crippen LogP contribution is 2.73. The first kappa shape index (κ1) is 26.4. The molecule has 1 amide bonds. The molecular weight excluding hydrogens is 460 g/mol. The highest BCUT2D eigenvalue weighted by molar-refractivity contribution is 6.22. The van der Waals surface area contributed by atoms with Crippen molar-refractivity contribution < 1.29 is 29.7 Å². The number of amides is 1. The first-order chi connectivity index (χ1) is 16.4. The van der Waals surface area contributed by atoms with Crippen LogP contribution >= 0.6 is 0 Å². The van der Waals surface area contributed by atoms with Gasteiger partial charge >= 0.3 is 0 Å². The van der Waals surface area contributed by atoms with Crippen molar-refractivity contribution in [2.24, 2.45) is 33.8 Å². The van der Waals surface area contributed by atoms with E-state index in [4.69, 9.17) is 5.73 Å². The Bertz CT molecular complexity index is 1250. The maximum absolute atomic E-state index is 14.2. The predicted octanol–water partition coefficient (Wildman–Crippen LogP) is 2.63. The molecule has 8 heteroatoms. The molecule has 196 valence electrons. The minimum Gasteiger partial charge on any atom is -0.510 e. The number of Topliss-reactive ketones (excluding diaryl/α,β-unsaturated/α-hetero) is 2. The zero-order valence-corrected chi connectivity index (χ0v) is 22.6. The fourth-order valence-electron chi connectivity index (χ4n) is 8.56. The molecule has 0 saturated heterocycles. The number of aliphatic hydroxyl groups is 2. The van der Waals surface area contributed by atoms with E-state index in [1.165, 1.54) is 6.07 Å². The van der Waals surface area contributed by atoms with Crippen molar-refractivity contribution in [1.29, 1.82) is 0 Å². The minimum atomic E-state index is -1.63. The summed E-state index contributed by atoms with van der Waals surface area (Å²) in [7, 11) is 3.48. The quantitative estimate of drug-likeness (QED) is 0.459. The molecule has 4 rings (SSSR count). The Balaban J connectivity index is 2.15. The molecule has 0 radical (unpaired) electrons. The zero-order valence-electron chi connectivity index (χ0n) is 22.6. The number of hydrogen-bond acceptors (Lipinski definition) is 7. The SMILES string of the molecule is Cc1ccc(O)c2c1C(C)(C)C1(C)C(C2=O)C(O)C2(C)C(=O)C(C(N)=O)=C(O)C(N(C)C)C2(C)C1C. The zero-order chi connectivity index (χ0) is 27.5. The lowest BCUT2D eigenvalue weighted by Gasteiger charge is -2.72. The van der Waals surface area contributed by atoms with Crippen LogP contribution in [0, 0.1) is 35.0 Å². The van der Waals surface area contributed by atoms with E-state index in [1.54, 1.807) is 32.0 Å². The van der Waals surface area contributed by atoms with Gasteiger partial charge in [-0.15, -0.1) is 0 Å². The molecule has 36 heavy (non-hydrogen) atoms. The van der Waals surface area contributed by atoms with E-state index in [0.717, 1.165) is 11.1 Å². The van der Waals surface area contributed by atoms with Gasteiger partial charge < -0.3 is 21.1 Å². The average molecular weight is 499 g/mol. The van der Waals surface area contributed by atoms with Crippen molar-refractivity contribution in [1.82, 2.24) is 4.90 Å². The number of phenolic OH excluding ortho intramolecular Hbond substituents is 1. The number of likely N-dealkylation sites (N-methyl/N-ethyl adjacent to an activating group) is 1. The van der Waals surface area contributed by atoms with Gasteiger partial charge in [-0.1, -0.05) is 40.7 Å². The van der Waals surface area contributed by atoms with Crippen LogP contribution in [0.2, 0.25) is 0 Å². The van der Waals surface area contributed by atoms with E-state index >= 15 is 0 Å². The molecule has 3 aliphatic carbocycles. The number of rotatable bonds is 2. The lowest BCUT2D eigenvalue weighted by Crippen LogP contribution is -2.78. The number of nitrogens with two attached hydrogens (primary N) is 1. The van der Waals surface area contributed by atoms with Crippen molar-refractivity contribution in [2.75, 3.05) is 14.1 Å². The number of hydrogen-bond donors (Lipinski definition) is 4. The van der Waals surface area contributed by atoms with Crippen LogP contribution in [0.1, 0.15) is 63.0 Å². The number of phenols is 1. The fourth-order valence-corrected chi connectivity index (χ4v) is 8.56. The second-order valence-electron chi connectivity index (χ2n) is 12.4. The van der Waals surface area contributed by atoms with Gasteiger partial charge in [-0.25, -0.2) is 0 Å². The van der Waals surface area contributed by atoms with Gasteiger partial charge in [0, 0.05) is 5.41 Å². The lowest BCUT2D eigenvalue weighted by molar-refractivity contribution is -0.233. The molecule has 7 unspecified atom stereocenters. The molecule has 1 aromatic rings. The predicted molar refractivity (Wildman–Crippen MR) is 135 cm³/mol. The molecule has 8 nitrogen and oxygen atoms in total. The largest absolute Gasteiger partial charge is 0.510 e. The molecule has 0 aliphatic heterocycles. The van der Waals surface area contributed by atoms with Crippen LogP contribution in [0.4, 0.5) is 0 Å². The third-order valence-electron chi connectivity index (χ3n) is 10.9. The van der Waals surface area contributed by atoms with E-state index in [1.807, 2.05) is 41.5 Å². The van der Waals surface area contributed by atoms with Crippen molar-refractivity contribution in [2.45, 2.75) is 66.0 Å². The topological polar surface area (TPSA) is 141 Å². The number of ketones is 2. The summed E-state index contributed by atoms with van der Waals surface area (Å²) in [6.07, 6.45) is -1.51. The Labute approximate surface area is 212 Å². The van der Waals surface area contributed by atoms with E-state index in [9.17, 15) is 29.7 Å². The van der Waals surface area contributed by atoms with Gasteiger partial charge in [0.1, 0.15) is 17.1 Å². The molecule has 1 saturated carbocycles. The first-order valence-corrected chi connectivity index (χ1v) is 12.4. The van der Waals surface area contributed by atoms with Crippen molar-refractivity contribution in [3.05, 3.63) is 40.2 Å². The molecule has 1 aromatic carbocycles. The van der Waals surface area contributed by atoms with Crippen LogP contribution in [0.3, 0.4) is 0 Å². The molecule has 0 bridgehead atoms. The molecular formula is C28H38N2O6. The fraction of sp³-hybridized carbons (Fsp3) is 0.607. The molecule has 0 spiro atoms. The standard InChI is InChI=1S/C28H38N2O6/c1-12-10-11-14(31)15-17(12)25(3,4)26(5)13(2)27(6)21(30(8)9)20(33)16(24(29)36)22(34)28(27,7)23(35)18(26)19(15)32/h10-11,13,18,21,23,31,33,35H,1-9H3,(H2,29,36). The molecule has 7 atom stereocenters. The van der Waals surface area contributed by atoms with Crippen LogP contribution in [0.15, 0.2) is 23.5 Å². The summed E-state index contributed by atoms with van der Waals surface area (Å²) in [5, 5.41) is 34.2. The highest BCUT2D eigenvalue weighted by Gasteiger charge is 2.78. The Morgan fingerprint density at radius 1 is 1.03 bits per heavy atom. The van der Waals surface area contributed by atoms with Crippen LogP contribution in [0.5, 0.6) is 5.75 Å². The number of aliphatic hydroxyl groups excluding tert-OH is 2. The highest BCUT2D eigenvalue weighted by atomic mass is 16.3. The van der Waals surface area contributed by atoms with E-state index < -0.39 is 74.4 Å². The summed E-state index contributed by atoms with van der Waals surface area (Å²) in [4.78, 5) is 42.3. The number of nitrogens with zero attached hydrogens (tertiary/aromatic N) is 1. The molecule has 1 fully saturated rings. The number of carbonyl (C=O) groups is 3. The van der Waals surface area contributed by atoms with Gasteiger partial charge in [0.25, 0.3) is 5.91 Å². The van der Waals surface area contributed by atoms with Crippen LogP contribution in [-0.4, -0.2) is 63.9 Å². The summed E-state index contributed by atoms with van der Waals surface area (Å²) in [6.45, 7) is 13.3. The molecule has 0 heterocycles. The number of aryl methyl sites for hydroxylation is 1. The number of fused-ring (bicyclic) bond motifs is 3. The van der Waals surface area contributed by atoms with Crippen molar-refractivity contribution in [3.63, 3.8) is 0 Å². The van der Waals surface area contributed by atoms with E-state index in [-0.39, 0.29) is 11.3 Å². The second-order valence-corrected chi connectivity index (χ2v) is 12.4. The number of carbonyl (C=O) groups excluding carboxylic acids is 3. The van der Waals surface area contributed by atoms with Crippen LogP contribution in [0.25, 0.3) is 0 Å². The second kappa shape index (κ2) is 7.42. The Morgan fingerprint density at radius 2 is 1.58 bits per heavy atom. The third kappa shape index (κ3) is 2.54. The van der Waals surface area contributed by atoms with Gasteiger partial charge in [-0.3, -0.25) is 19.3 Å². The summed E-state index contributed by atoms with van der Waals surface area (Å²) in [5.74, 6) is -4.32. The Morgan fingerprint density at radius 3 is 2.08 bits per heavy atom. The summed E-state index contributed by atoms with van der Waals surface area (Å²) >= 11 is 0. The number of primary amides is 1. The number of benzene rings is 1. The van der Waals surface area contributed by atoms with E-state index in [0.29, 0.717) is 0 Å². The average Bonchev–Trinajstić information content (AvgIpc) is 2.75. The van der Waals surface area contributed by atoms with Gasteiger partial charge in [0.05, 0.1) is 29.0 Å². The van der Waals surface area contributed by atoms with Gasteiger partial charge in [-0.2, -0.15) is 0 Å². The number of aromatic hydroxyl groups is 1. The summed E-state index contributed by atoms with van der Waals surface area (Å²) < 4.78 is 0. The van der Waals surface area contributed by atoms with E-state index in [2.05, 4.69) is 0 Å². The monoisotopic (exact) mass is 498 g/mol. The minimum absolute atomic E-state index is 0.162. The summed E-state index contributed by atoms with van der Waals surface area (Å²) in [5.41, 5.74) is 2.40. The van der Waals surface area contributed by atoms with Crippen molar-refractivity contribution >= 4 is 17.5 Å². The smallest absolute Gasteiger partial charge is 0.255 e. The molecule has 0 aromatic heterocycles. The van der Waals surface area contributed by atoms with Crippen molar-refractivity contribution in [3.8, 4) is 5.75 Å². The Hall–Kier alpha value is -2.71. The lowest BCUT2D eigenvalue weighted by atomic mass is 9.32. The maximum atomic E-state index is 14.2. The van der Waals surface area contributed by atoms with Crippen LogP contribution < -0.4 is 5.73 Å². The van der Waals surface area contributed by atoms with Gasteiger partial charge in [-0.05, 0) is 61.9 Å². The summed E-state index contributed by atoms with van der Waals surface area (Å²) in [6, 6.07) is 2.43. The maximum Gasteiger partial charge on any atom is 0.255 e. The Kier molecular flexibility index (Phi) is 5.43. The first-order valence-electron chi connectivity index (χ1n) is 12.4. The van der Waals surface area contributed by atoms with Gasteiger partial charge in [0.15, 0.2) is 11.6 Å². The normalized spacial score (nSPS) is 39.5. The molecule has 3 aliphatic rings. The third-order valence-corrected chi connectivity index (χ3v) is 10.9.